The SMILES string of the molecule is CC(C)(N)[C@@H](O)c1ccccc1Cl. The van der Waals surface area contributed by atoms with Crippen LogP contribution in [0.3, 0.4) is 0 Å². The van der Waals surface area contributed by atoms with E-state index in [-0.39, 0.29) is 0 Å². The molecule has 0 unspecified atom stereocenters. The molecule has 1 atom stereocenters. The fourth-order valence-corrected chi connectivity index (χ4v) is 1.34. The molecule has 0 aliphatic carbocycles. The van der Waals surface area contributed by atoms with Gasteiger partial charge in [-0.15, -0.1) is 0 Å². The summed E-state index contributed by atoms with van der Waals surface area (Å²) < 4.78 is 0. The van der Waals surface area contributed by atoms with Crippen molar-refractivity contribution in [2.75, 3.05) is 0 Å². The molecule has 0 saturated heterocycles. The zero-order valence-corrected chi connectivity index (χ0v) is 8.55. The van der Waals surface area contributed by atoms with Crippen LogP contribution < -0.4 is 5.73 Å². The van der Waals surface area contributed by atoms with Gasteiger partial charge in [0.1, 0.15) is 0 Å². The lowest BCUT2D eigenvalue weighted by molar-refractivity contribution is 0.105. The van der Waals surface area contributed by atoms with Crippen LogP contribution in [0.15, 0.2) is 24.3 Å². The molecule has 0 fully saturated rings. The van der Waals surface area contributed by atoms with Crippen molar-refractivity contribution in [3.63, 3.8) is 0 Å². The van der Waals surface area contributed by atoms with Crippen molar-refractivity contribution in [1.82, 2.24) is 0 Å². The highest BCUT2D eigenvalue weighted by molar-refractivity contribution is 6.31. The average molecular weight is 200 g/mol. The van der Waals surface area contributed by atoms with Crippen molar-refractivity contribution in [3.8, 4) is 0 Å². The molecule has 3 heteroatoms. The van der Waals surface area contributed by atoms with E-state index in [2.05, 4.69) is 0 Å². The predicted octanol–water partition coefficient (Wildman–Crippen LogP) is 2.11. The molecular weight excluding hydrogens is 186 g/mol. The Balaban J connectivity index is 3.02. The first-order valence-electron chi connectivity index (χ1n) is 4.14. The van der Waals surface area contributed by atoms with E-state index < -0.39 is 11.6 Å². The molecule has 2 nitrogen and oxygen atoms in total. The molecule has 0 radical (unpaired) electrons. The van der Waals surface area contributed by atoms with Crippen LogP contribution in [0.2, 0.25) is 5.02 Å². The van der Waals surface area contributed by atoms with Gasteiger partial charge in [0.25, 0.3) is 0 Å². The molecule has 72 valence electrons. The molecule has 0 saturated carbocycles. The van der Waals surface area contributed by atoms with Crippen molar-refractivity contribution in [2.24, 2.45) is 5.73 Å². The van der Waals surface area contributed by atoms with Gasteiger partial charge in [-0.25, -0.2) is 0 Å². The topological polar surface area (TPSA) is 46.2 Å². The minimum atomic E-state index is -0.735. The third-order valence-corrected chi connectivity index (χ3v) is 2.25. The summed E-state index contributed by atoms with van der Waals surface area (Å²) in [5.74, 6) is 0. The van der Waals surface area contributed by atoms with Gasteiger partial charge >= 0.3 is 0 Å². The van der Waals surface area contributed by atoms with E-state index in [9.17, 15) is 5.11 Å². The molecule has 0 bridgehead atoms. The van der Waals surface area contributed by atoms with Crippen molar-refractivity contribution in [3.05, 3.63) is 34.9 Å². The Morgan fingerprint density at radius 2 is 1.92 bits per heavy atom. The quantitative estimate of drug-likeness (QED) is 0.767. The molecule has 13 heavy (non-hydrogen) atoms. The summed E-state index contributed by atoms with van der Waals surface area (Å²) >= 11 is 5.91. The highest BCUT2D eigenvalue weighted by atomic mass is 35.5. The lowest BCUT2D eigenvalue weighted by atomic mass is 9.92. The maximum Gasteiger partial charge on any atom is 0.0978 e. The molecule has 0 amide bonds. The van der Waals surface area contributed by atoms with E-state index in [1.165, 1.54) is 0 Å². The van der Waals surface area contributed by atoms with E-state index >= 15 is 0 Å². The van der Waals surface area contributed by atoms with Crippen LogP contribution in [0.5, 0.6) is 0 Å². The Morgan fingerprint density at radius 1 is 1.38 bits per heavy atom. The molecular formula is C10H14ClNO. The number of hydrogen-bond donors (Lipinski definition) is 2. The summed E-state index contributed by atoms with van der Waals surface area (Å²) in [5, 5.41) is 10.4. The maximum absolute atomic E-state index is 9.83. The largest absolute Gasteiger partial charge is 0.386 e. The minimum Gasteiger partial charge on any atom is -0.386 e. The lowest BCUT2D eigenvalue weighted by Gasteiger charge is -2.26. The van der Waals surface area contributed by atoms with Crippen LogP contribution in [0.25, 0.3) is 0 Å². The highest BCUT2D eigenvalue weighted by Crippen LogP contribution is 2.28. The molecule has 1 rings (SSSR count). The first kappa shape index (κ1) is 10.5. The van der Waals surface area contributed by atoms with Crippen molar-refractivity contribution < 1.29 is 5.11 Å². The molecule has 3 N–H and O–H groups in total. The molecule has 1 aromatic rings. The van der Waals surface area contributed by atoms with Crippen LogP contribution in [0.1, 0.15) is 25.5 Å². The summed E-state index contributed by atoms with van der Waals surface area (Å²) in [5.41, 5.74) is 5.77. The van der Waals surface area contributed by atoms with Crippen molar-refractivity contribution in [1.29, 1.82) is 0 Å². The van der Waals surface area contributed by atoms with Gasteiger partial charge < -0.3 is 10.8 Å². The monoisotopic (exact) mass is 199 g/mol. The molecule has 1 aromatic carbocycles. The zero-order chi connectivity index (χ0) is 10.1. The number of halogens is 1. The van der Waals surface area contributed by atoms with Gasteiger partial charge in [-0.2, -0.15) is 0 Å². The third kappa shape index (κ3) is 2.44. The molecule has 0 aliphatic rings. The standard InChI is InChI=1S/C10H14ClNO/c1-10(2,12)9(13)7-5-3-4-6-8(7)11/h3-6,9,13H,12H2,1-2H3/t9-/m0/s1. The van der Waals surface area contributed by atoms with Gasteiger partial charge in [0.2, 0.25) is 0 Å². The number of benzene rings is 1. The number of aliphatic hydroxyl groups excluding tert-OH is 1. The summed E-state index contributed by atoms with van der Waals surface area (Å²) in [6, 6.07) is 7.17. The second-order valence-corrected chi connectivity index (χ2v) is 4.15. The smallest absolute Gasteiger partial charge is 0.0978 e. The van der Waals surface area contributed by atoms with Gasteiger partial charge in [0.15, 0.2) is 0 Å². The van der Waals surface area contributed by atoms with Crippen molar-refractivity contribution >= 4 is 11.6 Å². The van der Waals surface area contributed by atoms with Crippen LogP contribution in [0.4, 0.5) is 0 Å². The Morgan fingerprint density at radius 3 is 2.38 bits per heavy atom. The van der Waals surface area contributed by atoms with Crippen molar-refractivity contribution in [2.45, 2.75) is 25.5 Å². The Hall–Kier alpha value is -0.570. The first-order valence-corrected chi connectivity index (χ1v) is 4.52. The van der Waals surface area contributed by atoms with Gasteiger partial charge in [0.05, 0.1) is 6.10 Å². The van der Waals surface area contributed by atoms with Gasteiger partial charge in [0, 0.05) is 16.1 Å². The van der Waals surface area contributed by atoms with E-state index in [1.54, 1.807) is 26.0 Å². The van der Waals surface area contributed by atoms with E-state index in [1.807, 2.05) is 12.1 Å². The second-order valence-electron chi connectivity index (χ2n) is 3.75. The Bertz CT molecular complexity index is 293. The zero-order valence-electron chi connectivity index (χ0n) is 7.79. The summed E-state index contributed by atoms with van der Waals surface area (Å²) in [6.45, 7) is 3.53. The van der Waals surface area contributed by atoms with Crippen LogP contribution in [0, 0.1) is 0 Å². The second kappa shape index (κ2) is 3.66. The normalized spacial score (nSPS) is 14.2. The summed E-state index contributed by atoms with van der Waals surface area (Å²) in [7, 11) is 0. The van der Waals surface area contributed by atoms with Gasteiger partial charge in [-0.1, -0.05) is 29.8 Å². The van der Waals surface area contributed by atoms with Gasteiger partial charge in [-0.3, -0.25) is 0 Å². The number of hydrogen-bond acceptors (Lipinski definition) is 2. The molecule has 0 aromatic heterocycles. The van der Waals surface area contributed by atoms with Crippen LogP contribution in [-0.4, -0.2) is 10.6 Å². The number of rotatable bonds is 2. The van der Waals surface area contributed by atoms with Gasteiger partial charge in [-0.05, 0) is 19.9 Å². The molecule has 0 aliphatic heterocycles. The highest BCUT2D eigenvalue weighted by Gasteiger charge is 2.25. The minimum absolute atomic E-state index is 0.550. The first-order chi connectivity index (χ1) is 5.93. The van der Waals surface area contributed by atoms with E-state index in [0.29, 0.717) is 10.6 Å². The maximum atomic E-state index is 9.83. The van der Waals surface area contributed by atoms with Crippen LogP contribution >= 0.6 is 11.6 Å². The molecule has 0 spiro atoms. The summed E-state index contributed by atoms with van der Waals surface area (Å²) in [4.78, 5) is 0. The fraction of sp³-hybridized carbons (Fsp3) is 0.400. The third-order valence-electron chi connectivity index (χ3n) is 1.90. The lowest BCUT2D eigenvalue weighted by Crippen LogP contribution is -2.39. The number of nitrogens with two attached hydrogens (primary N) is 1. The van der Waals surface area contributed by atoms with E-state index in [4.69, 9.17) is 17.3 Å². The van der Waals surface area contributed by atoms with E-state index in [0.717, 1.165) is 0 Å². The molecule has 0 heterocycles. The number of aliphatic hydroxyl groups is 1. The van der Waals surface area contributed by atoms with Crippen LogP contribution in [-0.2, 0) is 0 Å². The Labute approximate surface area is 83.3 Å². The average Bonchev–Trinajstić information content (AvgIpc) is 2.02. The summed E-state index contributed by atoms with van der Waals surface area (Å²) in [6.07, 6.45) is -0.735. The Kier molecular flexibility index (Phi) is 2.96. The fourth-order valence-electron chi connectivity index (χ4n) is 1.10. The predicted molar refractivity (Wildman–Crippen MR) is 54.7 cm³/mol.